The van der Waals surface area contributed by atoms with Gasteiger partial charge in [-0.25, -0.2) is 0 Å². The minimum atomic E-state index is -0.187. The van der Waals surface area contributed by atoms with Crippen LogP contribution in [-0.4, -0.2) is 11.3 Å². The fraction of sp³-hybridized carbons (Fsp3) is 0.400. The summed E-state index contributed by atoms with van der Waals surface area (Å²) < 4.78 is 0. The third-order valence-electron chi connectivity index (χ3n) is 0.407. The second-order valence-corrected chi connectivity index (χ2v) is 1.37. The van der Waals surface area contributed by atoms with Crippen LogP contribution >= 0.6 is 0 Å². The Balaban J connectivity index is -0.000000180. The molecule has 0 fully saturated rings. The van der Waals surface area contributed by atoms with Gasteiger partial charge in [-0.2, -0.15) is 0 Å². The number of allylic oxidation sites excluding steroid dienone is 2. The molecule has 0 bridgehead atoms. The van der Waals surface area contributed by atoms with Gasteiger partial charge < -0.3 is 10.6 Å². The van der Waals surface area contributed by atoms with E-state index in [0.29, 0.717) is 0 Å². The minimum absolute atomic E-state index is 0. The maximum Gasteiger partial charge on any atom is 2.00 e. The Hall–Kier alpha value is -0.207. The summed E-state index contributed by atoms with van der Waals surface area (Å²) in [4.78, 5) is 9.98. The Morgan fingerprint density at radius 2 is 1.78 bits per heavy atom. The zero-order chi connectivity index (χ0) is 5.86. The van der Waals surface area contributed by atoms with Gasteiger partial charge in [0.2, 0.25) is 0 Å². The summed E-state index contributed by atoms with van der Waals surface area (Å²) in [5.74, 6) is -0.375. The van der Waals surface area contributed by atoms with Crippen molar-refractivity contribution >= 4 is 5.78 Å². The predicted molar refractivity (Wildman–Crippen MR) is 28.1 cm³/mol. The van der Waals surface area contributed by atoms with Crippen molar-refractivity contribution in [1.29, 1.82) is 0 Å². The van der Waals surface area contributed by atoms with E-state index in [1.165, 1.54) is 13.8 Å². The van der Waals surface area contributed by atoms with Crippen molar-refractivity contribution in [3.63, 3.8) is 0 Å². The molecular formula is C5H9O3Zn+. The number of carbonyl (C=O) groups is 1. The van der Waals surface area contributed by atoms with Crippen LogP contribution in [0.15, 0.2) is 11.8 Å². The molecule has 0 radical (unpaired) electrons. The van der Waals surface area contributed by atoms with E-state index >= 15 is 0 Å². The first-order valence-corrected chi connectivity index (χ1v) is 1.99. The van der Waals surface area contributed by atoms with Gasteiger partial charge in [0.1, 0.15) is 0 Å². The van der Waals surface area contributed by atoms with Crippen molar-refractivity contribution in [2.75, 3.05) is 0 Å². The van der Waals surface area contributed by atoms with Gasteiger partial charge >= 0.3 is 19.5 Å². The van der Waals surface area contributed by atoms with Crippen molar-refractivity contribution < 1.29 is 34.9 Å². The maximum atomic E-state index is 9.98. The van der Waals surface area contributed by atoms with E-state index in [0.717, 1.165) is 6.08 Å². The molecule has 9 heavy (non-hydrogen) atoms. The molecular weight excluding hydrogens is 173 g/mol. The number of carbonyl (C=O) groups excluding carboxylic acids is 1. The molecule has 0 unspecified atom stereocenters. The fourth-order valence-corrected chi connectivity index (χ4v) is 0.286. The van der Waals surface area contributed by atoms with E-state index in [1.807, 2.05) is 0 Å². The topological polar surface area (TPSA) is 71.6 Å². The molecule has 0 saturated carbocycles. The van der Waals surface area contributed by atoms with Crippen molar-refractivity contribution in [3.8, 4) is 0 Å². The number of rotatable bonds is 1. The normalized spacial score (nSPS) is 8.89. The van der Waals surface area contributed by atoms with Crippen LogP contribution in [0.5, 0.6) is 0 Å². The Labute approximate surface area is 66.8 Å². The summed E-state index contributed by atoms with van der Waals surface area (Å²) in [5.41, 5.74) is 0. The molecule has 0 aliphatic rings. The van der Waals surface area contributed by atoms with Gasteiger partial charge in [0, 0.05) is 0 Å². The molecule has 0 amide bonds. The molecule has 0 saturated heterocycles. The standard InChI is InChI=1S/C5H8O2.H2O.Zn/c1-4(6)3-5(2)7;;/h3,6H,1-2H3;1H2;/q;;+2/p-1/b4-3-;;. The molecule has 0 aliphatic heterocycles. The smallest absolute Gasteiger partial charge is 0.876 e. The van der Waals surface area contributed by atoms with Gasteiger partial charge in [0.25, 0.3) is 0 Å². The molecule has 0 spiro atoms. The first-order chi connectivity index (χ1) is 3.13. The van der Waals surface area contributed by atoms with Gasteiger partial charge in [0.15, 0.2) is 5.78 Å². The van der Waals surface area contributed by atoms with Gasteiger partial charge in [-0.3, -0.25) is 4.79 Å². The Kier molecular flexibility index (Phi) is 13.8. The number of hydrogen-bond donors (Lipinski definition) is 0. The third-order valence-corrected chi connectivity index (χ3v) is 0.407. The quantitative estimate of drug-likeness (QED) is 0.297. The summed E-state index contributed by atoms with van der Waals surface area (Å²) in [5, 5.41) is 9.98. The molecule has 0 atom stereocenters. The average Bonchev–Trinajstić information content (AvgIpc) is 1.27. The SMILES string of the molecule is CC(=O)/C=C(/C)[O-].O.[Zn+2]. The summed E-state index contributed by atoms with van der Waals surface area (Å²) in [7, 11) is 0. The first-order valence-electron chi connectivity index (χ1n) is 1.99. The van der Waals surface area contributed by atoms with Crippen molar-refractivity contribution in [1.82, 2.24) is 0 Å². The monoisotopic (exact) mass is 181 g/mol. The summed E-state index contributed by atoms with van der Waals surface area (Å²) in [6.45, 7) is 2.70. The van der Waals surface area contributed by atoms with Crippen LogP contribution in [0.25, 0.3) is 0 Å². The van der Waals surface area contributed by atoms with Gasteiger partial charge in [-0.05, 0) is 13.0 Å². The average molecular weight is 183 g/mol. The Bertz CT molecular complexity index is 105. The zero-order valence-electron chi connectivity index (χ0n) is 5.60. The van der Waals surface area contributed by atoms with Crippen LogP contribution in [0, 0.1) is 0 Å². The van der Waals surface area contributed by atoms with E-state index in [4.69, 9.17) is 0 Å². The Morgan fingerprint density at radius 1 is 1.44 bits per heavy atom. The molecule has 0 aliphatic carbocycles. The van der Waals surface area contributed by atoms with Gasteiger partial charge in [0.05, 0.1) is 0 Å². The van der Waals surface area contributed by atoms with E-state index in [9.17, 15) is 9.90 Å². The predicted octanol–water partition coefficient (Wildman–Crippen LogP) is -0.988. The molecule has 0 heterocycles. The Morgan fingerprint density at radius 3 is 1.78 bits per heavy atom. The summed E-state index contributed by atoms with van der Waals surface area (Å²) in [6, 6.07) is 0. The van der Waals surface area contributed by atoms with Crippen LogP contribution in [-0.2, 0) is 24.3 Å². The molecule has 3 nitrogen and oxygen atoms in total. The van der Waals surface area contributed by atoms with Crippen LogP contribution in [0.4, 0.5) is 0 Å². The number of hydrogen-bond acceptors (Lipinski definition) is 2. The van der Waals surface area contributed by atoms with Gasteiger partial charge in [-0.15, -0.1) is 5.76 Å². The third kappa shape index (κ3) is 18.2. The fourth-order valence-electron chi connectivity index (χ4n) is 0.286. The molecule has 0 aromatic heterocycles. The summed E-state index contributed by atoms with van der Waals surface area (Å²) >= 11 is 0. The molecule has 48 valence electrons. The molecule has 4 heteroatoms. The second-order valence-electron chi connectivity index (χ2n) is 1.37. The van der Waals surface area contributed by atoms with Crippen LogP contribution < -0.4 is 5.11 Å². The van der Waals surface area contributed by atoms with Crippen LogP contribution in [0.2, 0.25) is 0 Å². The number of ketones is 1. The van der Waals surface area contributed by atoms with E-state index in [1.54, 1.807) is 0 Å². The van der Waals surface area contributed by atoms with Crippen molar-refractivity contribution in [2.24, 2.45) is 0 Å². The first kappa shape index (κ1) is 15.9. The van der Waals surface area contributed by atoms with Crippen LogP contribution in [0.1, 0.15) is 13.8 Å². The van der Waals surface area contributed by atoms with Crippen molar-refractivity contribution in [3.05, 3.63) is 11.8 Å². The maximum absolute atomic E-state index is 9.98. The second kappa shape index (κ2) is 7.79. The molecule has 2 N–H and O–H groups in total. The van der Waals surface area contributed by atoms with Gasteiger partial charge in [-0.1, -0.05) is 6.92 Å². The zero-order valence-corrected chi connectivity index (χ0v) is 8.57. The molecule has 0 aromatic carbocycles. The van der Waals surface area contributed by atoms with E-state index in [2.05, 4.69) is 0 Å². The molecule has 0 aromatic rings. The molecule has 0 rings (SSSR count). The summed E-state index contributed by atoms with van der Waals surface area (Å²) in [6.07, 6.45) is 1.06. The largest absolute Gasteiger partial charge is 2.00 e. The van der Waals surface area contributed by atoms with E-state index in [-0.39, 0.29) is 36.5 Å². The van der Waals surface area contributed by atoms with Crippen molar-refractivity contribution in [2.45, 2.75) is 13.8 Å². The van der Waals surface area contributed by atoms with E-state index < -0.39 is 0 Å². The minimum Gasteiger partial charge on any atom is -0.876 e. The van der Waals surface area contributed by atoms with Crippen LogP contribution in [0.3, 0.4) is 0 Å².